The molecule has 10 rings (SSSR count). The average molecular weight is 627 g/mol. The predicted octanol–water partition coefficient (Wildman–Crippen LogP) is 13.1. The third kappa shape index (κ3) is 4.34. The number of hydrogen-bond donors (Lipinski definition) is 0. The summed E-state index contributed by atoms with van der Waals surface area (Å²) in [4.78, 5) is 2.38. The Morgan fingerprint density at radius 3 is 1.49 bits per heavy atom. The van der Waals surface area contributed by atoms with Crippen molar-refractivity contribution in [2.75, 3.05) is 4.90 Å². The summed E-state index contributed by atoms with van der Waals surface area (Å²) < 4.78 is 2.40. The Balaban J connectivity index is 1.07. The fourth-order valence-electron chi connectivity index (χ4n) is 8.10. The number of aryl methyl sites for hydroxylation is 3. The molecule has 8 aromatic carbocycles. The van der Waals surface area contributed by atoms with E-state index in [4.69, 9.17) is 0 Å². The van der Waals surface area contributed by atoms with Crippen LogP contribution in [0, 0.1) is 20.8 Å². The normalized spacial score (nSPS) is 12.0. The number of benzene rings is 8. The Morgan fingerprint density at radius 1 is 0.367 bits per heavy atom. The number of para-hydroxylation sites is 2. The molecular formula is C47H34N2. The highest BCUT2D eigenvalue weighted by molar-refractivity contribution is 6.13. The van der Waals surface area contributed by atoms with E-state index in [1.807, 2.05) is 0 Å². The Kier molecular flexibility index (Phi) is 5.95. The van der Waals surface area contributed by atoms with Crippen LogP contribution in [0.15, 0.2) is 152 Å². The minimum atomic E-state index is 1.16. The summed E-state index contributed by atoms with van der Waals surface area (Å²) in [5.74, 6) is 0. The van der Waals surface area contributed by atoms with Crippen molar-refractivity contribution in [3.05, 3.63) is 168 Å². The Hall–Kier alpha value is -6.12. The van der Waals surface area contributed by atoms with E-state index in [-0.39, 0.29) is 0 Å². The van der Waals surface area contributed by atoms with E-state index in [1.165, 1.54) is 93.7 Å². The van der Waals surface area contributed by atoms with Gasteiger partial charge in [0.05, 0.1) is 11.0 Å². The van der Waals surface area contributed by atoms with E-state index in [0.717, 1.165) is 11.4 Å². The molecule has 0 aliphatic heterocycles. The van der Waals surface area contributed by atoms with Crippen LogP contribution in [0.25, 0.3) is 71.3 Å². The van der Waals surface area contributed by atoms with Gasteiger partial charge in [-0.3, -0.25) is 0 Å². The van der Waals surface area contributed by atoms with Crippen LogP contribution < -0.4 is 4.90 Å². The van der Waals surface area contributed by atoms with Crippen molar-refractivity contribution in [3.63, 3.8) is 0 Å². The first-order valence-electron chi connectivity index (χ1n) is 17.1. The molecule has 0 spiro atoms. The van der Waals surface area contributed by atoms with Gasteiger partial charge in [0.1, 0.15) is 0 Å². The molecule has 2 heteroatoms. The smallest absolute Gasteiger partial charge is 0.0541 e. The van der Waals surface area contributed by atoms with Gasteiger partial charge in [0.2, 0.25) is 0 Å². The van der Waals surface area contributed by atoms with Gasteiger partial charge >= 0.3 is 0 Å². The maximum absolute atomic E-state index is 2.40. The molecule has 0 bridgehead atoms. The third-order valence-electron chi connectivity index (χ3n) is 10.4. The second-order valence-electron chi connectivity index (χ2n) is 13.7. The van der Waals surface area contributed by atoms with Gasteiger partial charge in [0.25, 0.3) is 0 Å². The zero-order valence-corrected chi connectivity index (χ0v) is 27.8. The summed E-state index contributed by atoms with van der Waals surface area (Å²) in [6.45, 7) is 6.50. The Morgan fingerprint density at radius 2 is 0.878 bits per heavy atom. The van der Waals surface area contributed by atoms with Gasteiger partial charge in [0.15, 0.2) is 0 Å². The van der Waals surface area contributed by atoms with Crippen LogP contribution in [-0.2, 0) is 0 Å². The first kappa shape index (κ1) is 27.9. The highest BCUT2D eigenvalue weighted by atomic mass is 15.1. The topological polar surface area (TPSA) is 8.17 Å². The molecule has 0 saturated carbocycles. The second kappa shape index (κ2) is 10.4. The molecule has 1 aliphatic rings. The van der Waals surface area contributed by atoms with Gasteiger partial charge in [-0.15, -0.1) is 0 Å². The van der Waals surface area contributed by atoms with E-state index < -0.39 is 0 Å². The van der Waals surface area contributed by atoms with Crippen LogP contribution in [0.5, 0.6) is 0 Å². The summed E-state index contributed by atoms with van der Waals surface area (Å²) >= 11 is 0. The minimum Gasteiger partial charge on any atom is -0.310 e. The van der Waals surface area contributed by atoms with E-state index >= 15 is 0 Å². The molecule has 9 aromatic rings. The van der Waals surface area contributed by atoms with Gasteiger partial charge in [0, 0.05) is 33.5 Å². The molecule has 0 atom stereocenters. The van der Waals surface area contributed by atoms with Crippen LogP contribution in [0.3, 0.4) is 0 Å². The Bertz CT molecular complexity index is 2730. The van der Waals surface area contributed by atoms with Crippen LogP contribution in [-0.4, -0.2) is 4.57 Å². The van der Waals surface area contributed by atoms with Crippen LogP contribution >= 0.6 is 0 Å². The molecule has 1 aliphatic carbocycles. The van der Waals surface area contributed by atoms with E-state index in [2.05, 4.69) is 182 Å². The number of anilines is 3. The van der Waals surface area contributed by atoms with E-state index in [1.54, 1.807) is 0 Å². The minimum absolute atomic E-state index is 1.16. The fourth-order valence-corrected chi connectivity index (χ4v) is 8.10. The van der Waals surface area contributed by atoms with Crippen molar-refractivity contribution in [1.29, 1.82) is 0 Å². The van der Waals surface area contributed by atoms with Gasteiger partial charge in [-0.25, -0.2) is 0 Å². The molecule has 49 heavy (non-hydrogen) atoms. The molecule has 232 valence electrons. The first-order chi connectivity index (χ1) is 24.0. The molecule has 0 unspecified atom stereocenters. The lowest BCUT2D eigenvalue weighted by molar-refractivity contribution is 1.19. The molecule has 0 amide bonds. The second-order valence-corrected chi connectivity index (χ2v) is 13.7. The fraction of sp³-hybridized carbons (Fsp3) is 0.0638. The van der Waals surface area contributed by atoms with Crippen LogP contribution in [0.2, 0.25) is 0 Å². The summed E-state index contributed by atoms with van der Waals surface area (Å²) in [5, 5.41) is 7.62. The van der Waals surface area contributed by atoms with Gasteiger partial charge in [-0.1, -0.05) is 72.3 Å². The SMILES string of the molecule is Cc1ccc(N(c2cc(C)cc(C)c2)c2ccc3cc4c(cc3c2)-c2cc3ccc(-n5c6ccccc6c6ccccc65)cc3cc2-4)cc1. The number of hydrogen-bond acceptors (Lipinski definition) is 1. The van der Waals surface area contributed by atoms with E-state index in [0.29, 0.717) is 0 Å². The largest absolute Gasteiger partial charge is 0.310 e. The monoisotopic (exact) mass is 626 g/mol. The van der Waals surface area contributed by atoms with Crippen molar-refractivity contribution < 1.29 is 0 Å². The summed E-state index contributed by atoms with van der Waals surface area (Å²) in [6, 6.07) is 56.4. The van der Waals surface area contributed by atoms with Crippen molar-refractivity contribution in [3.8, 4) is 27.9 Å². The van der Waals surface area contributed by atoms with Crippen molar-refractivity contribution in [1.82, 2.24) is 4.57 Å². The van der Waals surface area contributed by atoms with Gasteiger partial charge < -0.3 is 9.47 Å². The quantitative estimate of drug-likeness (QED) is 0.189. The molecule has 1 heterocycles. The standard InChI is InChI=1S/C47H34N2/c1-29-12-16-36(17-13-29)48(39-21-30(2)20-31(3)22-39)37-18-14-32-25-42-44(27-34(32)23-37)43-26-33-15-19-38(24-35(33)28-45(42)43)49-46-10-6-4-8-40(46)41-9-5-7-11-47(41)49/h4-28H,1-3H3. The summed E-state index contributed by atoms with van der Waals surface area (Å²) in [6.07, 6.45) is 0. The predicted molar refractivity (Wildman–Crippen MR) is 209 cm³/mol. The molecule has 0 fully saturated rings. The lowest BCUT2D eigenvalue weighted by Crippen LogP contribution is -2.10. The van der Waals surface area contributed by atoms with Crippen molar-refractivity contribution in [2.45, 2.75) is 20.8 Å². The molecular weight excluding hydrogens is 593 g/mol. The highest BCUT2D eigenvalue weighted by Crippen LogP contribution is 2.51. The maximum atomic E-state index is 2.40. The number of fused-ring (bicyclic) bond motifs is 9. The van der Waals surface area contributed by atoms with Crippen molar-refractivity contribution >= 4 is 60.4 Å². The Labute approximate surface area is 286 Å². The van der Waals surface area contributed by atoms with Gasteiger partial charge in [-0.05, 0) is 161 Å². The molecule has 0 saturated heterocycles. The average Bonchev–Trinajstić information content (AvgIpc) is 3.45. The lowest BCUT2D eigenvalue weighted by Gasteiger charge is -2.28. The first-order valence-corrected chi connectivity index (χ1v) is 17.1. The van der Waals surface area contributed by atoms with Crippen molar-refractivity contribution in [2.24, 2.45) is 0 Å². The number of nitrogens with zero attached hydrogens (tertiary/aromatic N) is 2. The number of rotatable bonds is 4. The summed E-state index contributed by atoms with van der Waals surface area (Å²) in [5.41, 5.74) is 16.3. The molecule has 1 aromatic heterocycles. The summed E-state index contributed by atoms with van der Waals surface area (Å²) in [7, 11) is 0. The molecule has 0 N–H and O–H groups in total. The zero-order valence-electron chi connectivity index (χ0n) is 27.8. The van der Waals surface area contributed by atoms with Crippen LogP contribution in [0.4, 0.5) is 17.1 Å². The third-order valence-corrected chi connectivity index (χ3v) is 10.4. The molecule has 2 nitrogen and oxygen atoms in total. The highest BCUT2D eigenvalue weighted by Gasteiger charge is 2.24. The maximum Gasteiger partial charge on any atom is 0.0541 e. The number of aromatic nitrogens is 1. The van der Waals surface area contributed by atoms with E-state index in [9.17, 15) is 0 Å². The van der Waals surface area contributed by atoms with Gasteiger partial charge in [-0.2, -0.15) is 0 Å². The van der Waals surface area contributed by atoms with Crippen LogP contribution in [0.1, 0.15) is 16.7 Å². The lowest BCUT2D eigenvalue weighted by atomic mass is 9.78. The molecule has 0 radical (unpaired) electrons. The zero-order chi connectivity index (χ0) is 32.8.